The third kappa shape index (κ3) is 5.69. The van der Waals surface area contributed by atoms with Crippen molar-refractivity contribution in [3.63, 3.8) is 0 Å². The number of rotatable bonds is 8. The molecule has 0 bridgehead atoms. The monoisotopic (exact) mass is 393 g/mol. The van der Waals surface area contributed by atoms with Crippen molar-refractivity contribution in [2.75, 3.05) is 13.2 Å². The number of aromatic nitrogens is 2. The number of carbonyl (C=O) groups excluding carboxylic acids is 1. The van der Waals surface area contributed by atoms with E-state index in [0.717, 1.165) is 25.8 Å². The van der Waals surface area contributed by atoms with E-state index in [1.54, 1.807) is 12.3 Å². The summed E-state index contributed by atoms with van der Waals surface area (Å²) in [4.78, 5) is 18.8. The van der Waals surface area contributed by atoms with E-state index in [1.807, 2.05) is 17.4 Å². The van der Waals surface area contributed by atoms with Gasteiger partial charge in [-0.15, -0.1) is 0 Å². The Bertz CT molecular complexity index is 612. The molecule has 0 aliphatic carbocycles. The Morgan fingerprint density at radius 2 is 2.19 bits per heavy atom. The zero-order chi connectivity index (χ0) is 20.1. The second kappa shape index (κ2) is 9.06. The van der Waals surface area contributed by atoms with Crippen molar-refractivity contribution in [2.45, 2.75) is 65.4 Å². The molecule has 0 N–H and O–H groups in total. The van der Waals surface area contributed by atoms with Crippen molar-refractivity contribution < 1.29 is 14.0 Å². The number of likely N-dealkylation sites (tertiary alicyclic amines) is 1. The minimum atomic E-state index is -1.37. The van der Waals surface area contributed by atoms with Crippen LogP contribution in [0.2, 0.25) is 13.1 Å². The van der Waals surface area contributed by atoms with Gasteiger partial charge in [0.25, 0.3) is 0 Å². The third-order valence-electron chi connectivity index (χ3n) is 5.23. The van der Waals surface area contributed by atoms with E-state index in [9.17, 15) is 4.79 Å². The summed E-state index contributed by atoms with van der Waals surface area (Å²) in [6.07, 6.45) is 9.46. The molecule has 0 radical (unpaired) electrons. The number of ether oxygens (including phenoxy) is 1. The number of nitrogens with zero attached hydrogens (tertiary/aromatic N) is 3. The summed E-state index contributed by atoms with van der Waals surface area (Å²) in [6, 6.07) is 0. The highest BCUT2D eigenvalue weighted by Gasteiger charge is 2.52. The molecule has 2 atom stereocenters. The van der Waals surface area contributed by atoms with E-state index < -0.39 is 14.8 Å². The van der Waals surface area contributed by atoms with Gasteiger partial charge in [-0.3, -0.25) is 4.90 Å². The Balaban J connectivity index is 2.22. The van der Waals surface area contributed by atoms with Crippen LogP contribution in [0.25, 0.3) is 0 Å². The van der Waals surface area contributed by atoms with Gasteiger partial charge in [0.05, 0.1) is 6.33 Å². The summed E-state index contributed by atoms with van der Waals surface area (Å²) in [5.74, 6) is 0.370. The molecular weight excluding hydrogens is 358 g/mol. The number of amides is 1. The maximum atomic E-state index is 12.8. The van der Waals surface area contributed by atoms with Crippen LogP contribution in [0.3, 0.4) is 0 Å². The molecule has 1 aliphatic heterocycles. The van der Waals surface area contributed by atoms with E-state index in [4.69, 9.17) is 9.16 Å². The van der Waals surface area contributed by atoms with Crippen LogP contribution in [0.5, 0.6) is 0 Å². The molecule has 1 saturated heterocycles. The van der Waals surface area contributed by atoms with Gasteiger partial charge in [-0.05, 0) is 43.7 Å². The molecule has 0 unspecified atom stereocenters. The highest BCUT2D eigenvalue weighted by atomic mass is 28.3. The first kappa shape index (κ1) is 21.7. The van der Waals surface area contributed by atoms with Crippen LogP contribution in [-0.4, -0.2) is 48.5 Å². The van der Waals surface area contributed by atoms with Crippen LogP contribution in [-0.2, 0) is 15.7 Å². The molecule has 7 heteroatoms. The first-order chi connectivity index (χ1) is 12.7. The summed E-state index contributed by atoms with van der Waals surface area (Å²) in [5, 5.41) is 0. The molecule has 1 aliphatic rings. The van der Waals surface area contributed by atoms with E-state index in [-0.39, 0.29) is 18.1 Å². The molecular formula is C20H35N3O3Si. The fraction of sp³-hybridized carbons (Fsp3) is 0.700. The lowest BCUT2D eigenvalue weighted by atomic mass is 9.78. The van der Waals surface area contributed by atoms with Crippen LogP contribution in [0.1, 0.15) is 40.0 Å². The number of imidazole rings is 1. The van der Waals surface area contributed by atoms with E-state index >= 15 is 0 Å². The van der Waals surface area contributed by atoms with Gasteiger partial charge in [0.1, 0.15) is 12.3 Å². The number of aryl methyl sites for hydroxylation is 1. The van der Waals surface area contributed by atoms with Crippen LogP contribution in [0.15, 0.2) is 31.4 Å². The summed E-state index contributed by atoms with van der Waals surface area (Å²) in [6.45, 7) is 16.4. The minimum Gasteiger partial charge on any atom is -0.445 e. The Morgan fingerprint density at radius 3 is 2.74 bits per heavy atom. The fourth-order valence-electron chi connectivity index (χ4n) is 3.78. The Kier molecular flexibility index (Phi) is 7.28. The van der Waals surface area contributed by atoms with Crippen LogP contribution in [0.4, 0.5) is 4.79 Å². The predicted octanol–water partition coefficient (Wildman–Crippen LogP) is 4.05. The maximum Gasteiger partial charge on any atom is 0.412 e. The zero-order valence-electron chi connectivity index (χ0n) is 17.5. The van der Waals surface area contributed by atoms with Gasteiger partial charge in [0, 0.05) is 25.5 Å². The highest BCUT2D eigenvalue weighted by molar-refractivity contribution is 6.48. The van der Waals surface area contributed by atoms with Gasteiger partial charge in [-0.2, -0.15) is 0 Å². The van der Waals surface area contributed by atoms with Crippen molar-refractivity contribution in [2.24, 2.45) is 11.3 Å². The van der Waals surface area contributed by atoms with E-state index in [2.05, 4.69) is 50.0 Å². The summed E-state index contributed by atoms with van der Waals surface area (Å²) in [7, 11) is -1.37. The first-order valence-electron chi connectivity index (χ1n) is 9.87. The average Bonchev–Trinajstić information content (AvgIpc) is 3.20. The van der Waals surface area contributed by atoms with Crippen LogP contribution in [0, 0.1) is 11.3 Å². The number of carbonyl (C=O) groups is 1. The standard InChI is InChI=1S/C20H35N3O3Si/c1-7-13-25-18(24)23-15-17(19(2,3)4)14-20(23,26-27(5)6)9-8-11-22-12-10-21-16-22/h7,10,12,16-17,27H,1,8-9,11,13-15H2,2-6H3/t17-,20+/m0/s1. The van der Waals surface area contributed by atoms with Gasteiger partial charge >= 0.3 is 6.09 Å². The second-order valence-electron chi connectivity index (χ2n) is 8.76. The summed E-state index contributed by atoms with van der Waals surface area (Å²) >= 11 is 0. The molecule has 27 heavy (non-hydrogen) atoms. The van der Waals surface area contributed by atoms with Crippen molar-refractivity contribution in [1.29, 1.82) is 0 Å². The molecule has 2 rings (SSSR count). The van der Waals surface area contributed by atoms with Crippen molar-refractivity contribution in [3.8, 4) is 0 Å². The minimum absolute atomic E-state index is 0.102. The number of hydrogen-bond donors (Lipinski definition) is 0. The molecule has 2 heterocycles. The van der Waals surface area contributed by atoms with E-state index in [0.29, 0.717) is 12.5 Å². The molecule has 1 aromatic heterocycles. The lowest BCUT2D eigenvalue weighted by Gasteiger charge is -2.39. The zero-order valence-corrected chi connectivity index (χ0v) is 18.6. The fourth-order valence-corrected chi connectivity index (χ4v) is 5.00. The largest absolute Gasteiger partial charge is 0.445 e. The van der Waals surface area contributed by atoms with Crippen molar-refractivity contribution >= 4 is 15.1 Å². The molecule has 0 aromatic carbocycles. The quantitative estimate of drug-likeness (QED) is 0.494. The van der Waals surface area contributed by atoms with Crippen LogP contribution < -0.4 is 0 Å². The SMILES string of the molecule is C=CCOC(=O)N1C[C@@H](C(C)(C)C)C[C@@]1(CCCn1ccnc1)O[SiH](C)C. The van der Waals surface area contributed by atoms with Gasteiger partial charge in [-0.1, -0.05) is 33.4 Å². The molecule has 152 valence electrons. The highest BCUT2D eigenvalue weighted by Crippen LogP contribution is 2.45. The lowest BCUT2D eigenvalue weighted by molar-refractivity contribution is -0.0592. The molecule has 0 spiro atoms. The molecule has 0 saturated carbocycles. The summed E-state index contributed by atoms with van der Waals surface area (Å²) in [5.41, 5.74) is -0.470. The maximum absolute atomic E-state index is 12.8. The Morgan fingerprint density at radius 1 is 1.44 bits per heavy atom. The second-order valence-corrected chi connectivity index (χ2v) is 11.1. The van der Waals surface area contributed by atoms with Crippen molar-refractivity contribution in [1.82, 2.24) is 14.5 Å². The lowest BCUT2D eigenvalue weighted by Crippen LogP contribution is -2.51. The Labute approximate surface area is 165 Å². The third-order valence-corrected chi connectivity index (χ3v) is 6.14. The molecule has 1 fully saturated rings. The molecule has 6 nitrogen and oxygen atoms in total. The first-order valence-corrected chi connectivity index (χ1v) is 12.6. The average molecular weight is 394 g/mol. The predicted molar refractivity (Wildman–Crippen MR) is 110 cm³/mol. The smallest absolute Gasteiger partial charge is 0.412 e. The van der Waals surface area contributed by atoms with Gasteiger partial charge < -0.3 is 13.7 Å². The molecule has 1 amide bonds. The van der Waals surface area contributed by atoms with Crippen LogP contribution >= 0.6 is 0 Å². The topological polar surface area (TPSA) is 56.6 Å². The van der Waals surface area contributed by atoms with E-state index in [1.165, 1.54) is 0 Å². The normalized spacial score (nSPS) is 23.0. The van der Waals surface area contributed by atoms with Gasteiger partial charge in [0.2, 0.25) is 0 Å². The van der Waals surface area contributed by atoms with Gasteiger partial charge in [-0.25, -0.2) is 9.78 Å². The van der Waals surface area contributed by atoms with Gasteiger partial charge in [0.15, 0.2) is 9.04 Å². The number of hydrogen-bond acceptors (Lipinski definition) is 4. The summed E-state index contributed by atoms with van der Waals surface area (Å²) < 4.78 is 14.1. The molecule has 1 aromatic rings. The Hall–Kier alpha value is -1.60. The van der Waals surface area contributed by atoms with Crippen molar-refractivity contribution in [3.05, 3.63) is 31.4 Å².